The molecular weight excluding hydrogens is 304 g/mol. The van der Waals surface area contributed by atoms with Crippen LogP contribution in [0.4, 0.5) is 0 Å². The van der Waals surface area contributed by atoms with Crippen molar-refractivity contribution in [1.29, 1.82) is 0 Å². The fourth-order valence-electron chi connectivity index (χ4n) is 2.67. The van der Waals surface area contributed by atoms with E-state index in [0.29, 0.717) is 16.7 Å². The summed E-state index contributed by atoms with van der Waals surface area (Å²) >= 11 is 11.4. The molecule has 2 aliphatic heterocycles. The summed E-state index contributed by atoms with van der Waals surface area (Å²) in [6.45, 7) is 0.544. The van der Waals surface area contributed by atoms with Crippen molar-refractivity contribution in [2.75, 3.05) is 11.5 Å². The molecule has 7 heteroatoms. The first kappa shape index (κ1) is 13.1. The molecule has 1 N–H and O–H groups in total. The standard InChI is InChI=1S/C12H13ClN2O2S2/c13-9-4-2-1-3-8(9)5-15-11-7-19(16,17)6-10(11)14-12(15)18/h1-4,10-11H,5-7H2,(H,14,18)/t10-,11-/m1/s1. The Labute approximate surface area is 122 Å². The molecule has 3 rings (SSSR count). The number of nitrogens with one attached hydrogen (secondary N) is 1. The maximum atomic E-state index is 11.7. The number of nitrogens with zero attached hydrogens (tertiary/aromatic N) is 1. The molecule has 2 fully saturated rings. The zero-order chi connectivity index (χ0) is 13.6. The minimum atomic E-state index is -2.96. The van der Waals surface area contributed by atoms with Crippen molar-refractivity contribution in [3.63, 3.8) is 0 Å². The monoisotopic (exact) mass is 316 g/mol. The minimum Gasteiger partial charge on any atom is -0.357 e. The van der Waals surface area contributed by atoms with Gasteiger partial charge in [0, 0.05) is 11.6 Å². The van der Waals surface area contributed by atoms with Gasteiger partial charge in [-0.3, -0.25) is 0 Å². The molecule has 102 valence electrons. The number of sulfone groups is 1. The van der Waals surface area contributed by atoms with Gasteiger partial charge >= 0.3 is 0 Å². The van der Waals surface area contributed by atoms with Crippen LogP contribution in [0.25, 0.3) is 0 Å². The number of rotatable bonds is 2. The lowest BCUT2D eigenvalue weighted by atomic mass is 10.1. The third-order valence-electron chi connectivity index (χ3n) is 3.59. The number of hydrogen-bond donors (Lipinski definition) is 1. The van der Waals surface area contributed by atoms with Gasteiger partial charge in [0.2, 0.25) is 0 Å². The van der Waals surface area contributed by atoms with Gasteiger partial charge in [0.05, 0.1) is 23.6 Å². The van der Waals surface area contributed by atoms with E-state index in [4.69, 9.17) is 23.8 Å². The smallest absolute Gasteiger partial charge is 0.169 e. The fourth-order valence-corrected chi connectivity index (χ4v) is 5.13. The molecule has 19 heavy (non-hydrogen) atoms. The third-order valence-corrected chi connectivity index (χ3v) is 6.03. The van der Waals surface area contributed by atoms with Gasteiger partial charge in [-0.2, -0.15) is 0 Å². The van der Waals surface area contributed by atoms with Crippen LogP contribution in [0.1, 0.15) is 5.56 Å². The van der Waals surface area contributed by atoms with Crippen molar-refractivity contribution >= 4 is 38.8 Å². The number of benzene rings is 1. The van der Waals surface area contributed by atoms with Crippen LogP contribution >= 0.6 is 23.8 Å². The molecule has 0 unspecified atom stereocenters. The molecule has 1 aromatic carbocycles. The summed E-state index contributed by atoms with van der Waals surface area (Å²) in [6, 6.07) is 7.38. The largest absolute Gasteiger partial charge is 0.357 e. The maximum Gasteiger partial charge on any atom is 0.169 e. The van der Waals surface area contributed by atoms with Crippen LogP contribution in [0.2, 0.25) is 5.02 Å². The summed E-state index contributed by atoms with van der Waals surface area (Å²) < 4.78 is 23.4. The molecule has 0 amide bonds. The van der Waals surface area contributed by atoms with Crippen LogP contribution in [0.15, 0.2) is 24.3 Å². The average molecular weight is 317 g/mol. The van der Waals surface area contributed by atoms with Crippen molar-refractivity contribution in [3.05, 3.63) is 34.9 Å². The van der Waals surface area contributed by atoms with E-state index in [0.717, 1.165) is 5.56 Å². The van der Waals surface area contributed by atoms with E-state index in [1.165, 1.54) is 0 Å². The number of hydrogen-bond acceptors (Lipinski definition) is 3. The molecule has 2 atom stereocenters. The van der Waals surface area contributed by atoms with E-state index in [-0.39, 0.29) is 23.6 Å². The number of thiocarbonyl (C=S) groups is 1. The van der Waals surface area contributed by atoms with Gasteiger partial charge in [-0.05, 0) is 23.8 Å². The summed E-state index contributed by atoms with van der Waals surface area (Å²) in [5, 5.41) is 4.39. The molecule has 0 aromatic heterocycles. The van der Waals surface area contributed by atoms with Crippen molar-refractivity contribution in [2.45, 2.75) is 18.6 Å². The maximum absolute atomic E-state index is 11.7. The Morgan fingerprint density at radius 1 is 1.37 bits per heavy atom. The highest BCUT2D eigenvalue weighted by Gasteiger charge is 2.46. The second-order valence-corrected chi connectivity index (χ2v) is 7.87. The molecule has 2 aliphatic rings. The second-order valence-electron chi connectivity index (χ2n) is 4.92. The molecular formula is C12H13ClN2O2S2. The lowest BCUT2D eigenvalue weighted by Crippen LogP contribution is -2.36. The van der Waals surface area contributed by atoms with Crippen LogP contribution in [-0.2, 0) is 16.4 Å². The highest BCUT2D eigenvalue weighted by molar-refractivity contribution is 7.91. The first-order valence-electron chi connectivity index (χ1n) is 5.97. The third kappa shape index (κ3) is 2.44. The van der Waals surface area contributed by atoms with Crippen LogP contribution in [0.5, 0.6) is 0 Å². The second kappa shape index (κ2) is 4.61. The molecule has 2 saturated heterocycles. The number of halogens is 1. The summed E-state index contributed by atoms with van der Waals surface area (Å²) in [4.78, 5) is 1.94. The first-order chi connectivity index (χ1) is 8.96. The van der Waals surface area contributed by atoms with Gasteiger partial charge < -0.3 is 10.2 Å². The van der Waals surface area contributed by atoms with E-state index in [1.54, 1.807) is 0 Å². The minimum absolute atomic E-state index is 0.0752. The summed E-state index contributed by atoms with van der Waals surface area (Å²) in [7, 11) is -2.96. The highest BCUT2D eigenvalue weighted by atomic mass is 35.5. The summed E-state index contributed by atoms with van der Waals surface area (Å²) in [5.41, 5.74) is 0.957. The van der Waals surface area contributed by atoms with Gasteiger partial charge in [-0.1, -0.05) is 29.8 Å². The van der Waals surface area contributed by atoms with E-state index in [2.05, 4.69) is 5.32 Å². The SMILES string of the molecule is O=S1(=O)C[C@@H]2[C@@H](C1)NC(=S)N2Cc1ccccc1Cl. The topological polar surface area (TPSA) is 49.4 Å². The Kier molecular flexibility index (Phi) is 3.19. The highest BCUT2D eigenvalue weighted by Crippen LogP contribution is 2.27. The van der Waals surface area contributed by atoms with Crippen molar-refractivity contribution in [3.8, 4) is 0 Å². The predicted octanol–water partition coefficient (Wildman–Crippen LogP) is 1.20. The average Bonchev–Trinajstić information content (AvgIpc) is 2.75. The van der Waals surface area contributed by atoms with Crippen molar-refractivity contribution in [2.24, 2.45) is 0 Å². The van der Waals surface area contributed by atoms with Crippen molar-refractivity contribution < 1.29 is 8.42 Å². The van der Waals surface area contributed by atoms with E-state index in [9.17, 15) is 8.42 Å². The molecule has 2 heterocycles. The van der Waals surface area contributed by atoms with Gasteiger partial charge in [-0.25, -0.2) is 8.42 Å². The van der Waals surface area contributed by atoms with Crippen LogP contribution in [0.3, 0.4) is 0 Å². The molecule has 0 aliphatic carbocycles. The molecule has 0 spiro atoms. The van der Waals surface area contributed by atoms with Crippen molar-refractivity contribution in [1.82, 2.24) is 10.2 Å². The van der Waals surface area contributed by atoms with Gasteiger partial charge in [0.15, 0.2) is 14.9 Å². The lowest BCUT2D eigenvalue weighted by Gasteiger charge is -2.23. The number of fused-ring (bicyclic) bond motifs is 1. The molecule has 4 nitrogen and oxygen atoms in total. The normalized spacial score (nSPS) is 28.3. The summed E-state index contributed by atoms with van der Waals surface area (Å²) in [6.07, 6.45) is 0. The van der Waals surface area contributed by atoms with Gasteiger partial charge in [0.1, 0.15) is 0 Å². The molecule has 1 aromatic rings. The Balaban J connectivity index is 1.85. The zero-order valence-corrected chi connectivity index (χ0v) is 12.4. The van der Waals surface area contributed by atoms with Crippen LogP contribution in [-0.4, -0.2) is 42.0 Å². The van der Waals surface area contributed by atoms with Gasteiger partial charge in [-0.15, -0.1) is 0 Å². The van der Waals surface area contributed by atoms with Crippen LogP contribution < -0.4 is 5.32 Å². The zero-order valence-electron chi connectivity index (χ0n) is 10.0. The van der Waals surface area contributed by atoms with E-state index >= 15 is 0 Å². The van der Waals surface area contributed by atoms with Crippen LogP contribution in [0, 0.1) is 0 Å². The predicted molar refractivity (Wildman–Crippen MR) is 79.0 cm³/mol. The molecule has 0 bridgehead atoms. The Bertz CT molecular complexity index is 632. The molecule has 0 saturated carbocycles. The Hall–Kier alpha value is -0.850. The lowest BCUT2D eigenvalue weighted by molar-refractivity contribution is 0.349. The summed E-state index contributed by atoms with van der Waals surface area (Å²) in [5.74, 6) is 0.325. The Morgan fingerprint density at radius 2 is 2.11 bits per heavy atom. The van der Waals surface area contributed by atoms with E-state index in [1.807, 2.05) is 29.2 Å². The molecule has 0 radical (unpaired) electrons. The Morgan fingerprint density at radius 3 is 2.84 bits per heavy atom. The first-order valence-corrected chi connectivity index (χ1v) is 8.58. The van der Waals surface area contributed by atoms with Gasteiger partial charge in [0.25, 0.3) is 0 Å². The van der Waals surface area contributed by atoms with E-state index < -0.39 is 9.84 Å². The quantitative estimate of drug-likeness (QED) is 0.831. The fraction of sp³-hybridized carbons (Fsp3) is 0.417.